The summed E-state index contributed by atoms with van der Waals surface area (Å²) in [4.78, 5) is 2.65. The molecule has 1 aromatic rings. The summed E-state index contributed by atoms with van der Waals surface area (Å²) in [5.41, 5.74) is 3.17. The molecule has 1 fully saturated rings. The first kappa shape index (κ1) is 15.0. The van der Waals surface area contributed by atoms with Crippen LogP contribution in [0.25, 0.3) is 0 Å². The monoisotopic (exact) mass is 288 g/mol. The van der Waals surface area contributed by atoms with Crippen LogP contribution in [-0.2, 0) is 11.2 Å². The average molecular weight is 288 g/mol. The third kappa shape index (κ3) is 3.65. The number of nitrogens with zero attached hydrogens (tertiary/aromatic N) is 1. The van der Waals surface area contributed by atoms with E-state index in [1.165, 1.54) is 25.8 Å². The molecule has 3 heteroatoms. The molecule has 0 bridgehead atoms. The van der Waals surface area contributed by atoms with Gasteiger partial charge in [-0.3, -0.25) is 4.90 Å². The van der Waals surface area contributed by atoms with Gasteiger partial charge in [0.05, 0.1) is 13.2 Å². The summed E-state index contributed by atoms with van der Waals surface area (Å²) >= 11 is 0. The number of ether oxygens (including phenoxy) is 1. The van der Waals surface area contributed by atoms with Gasteiger partial charge in [-0.15, -0.1) is 0 Å². The molecule has 1 aliphatic heterocycles. The smallest absolute Gasteiger partial charge is 0.0634 e. The van der Waals surface area contributed by atoms with Gasteiger partial charge >= 0.3 is 0 Å². The zero-order chi connectivity index (χ0) is 14.5. The van der Waals surface area contributed by atoms with Gasteiger partial charge in [-0.05, 0) is 42.9 Å². The Morgan fingerprint density at radius 1 is 1.33 bits per heavy atom. The molecule has 1 saturated heterocycles. The summed E-state index contributed by atoms with van der Waals surface area (Å²) < 4.78 is 5.69. The number of nitrogens with one attached hydrogen (secondary N) is 1. The fraction of sp³-hybridized carbons (Fsp3) is 0.667. The number of likely N-dealkylation sites (N-methyl/N-ethyl adjacent to an activating group) is 1. The molecule has 1 aromatic carbocycles. The highest BCUT2D eigenvalue weighted by atomic mass is 16.5. The molecule has 21 heavy (non-hydrogen) atoms. The van der Waals surface area contributed by atoms with Crippen LogP contribution in [0.5, 0.6) is 0 Å². The van der Waals surface area contributed by atoms with E-state index in [4.69, 9.17) is 4.74 Å². The van der Waals surface area contributed by atoms with Crippen molar-refractivity contribution in [1.82, 2.24) is 10.2 Å². The molecule has 0 spiro atoms. The van der Waals surface area contributed by atoms with Gasteiger partial charge < -0.3 is 10.1 Å². The van der Waals surface area contributed by atoms with Crippen molar-refractivity contribution in [2.24, 2.45) is 0 Å². The molecule has 0 saturated carbocycles. The highest BCUT2D eigenvalue weighted by Gasteiger charge is 2.27. The fourth-order valence-electron chi connectivity index (χ4n) is 3.76. The molecule has 1 heterocycles. The molecule has 2 aliphatic rings. The molecule has 0 aromatic heterocycles. The van der Waals surface area contributed by atoms with Gasteiger partial charge in [0.1, 0.15) is 0 Å². The second-order valence-corrected chi connectivity index (χ2v) is 6.32. The van der Waals surface area contributed by atoms with Gasteiger partial charge in [-0.2, -0.15) is 0 Å². The van der Waals surface area contributed by atoms with Gasteiger partial charge in [0, 0.05) is 25.7 Å². The standard InChI is InChI=1S/C18H28N2O/c1-2-19-12-17-14-21-11-10-20(17)13-16-8-5-7-15-6-3-4-9-18(15)16/h3-4,6,9,16-17,19H,2,5,7-8,10-14H2,1H3. The number of benzene rings is 1. The van der Waals surface area contributed by atoms with Crippen LogP contribution in [0.2, 0.25) is 0 Å². The maximum Gasteiger partial charge on any atom is 0.0634 e. The van der Waals surface area contributed by atoms with Gasteiger partial charge in [-0.1, -0.05) is 31.2 Å². The van der Waals surface area contributed by atoms with Gasteiger partial charge in [0.25, 0.3) is 0 Å². The predicted molar refractivity (Wildman–Crippen MR) is 86.8 cm³/mol. The van der Waals surface area contributed by atoms with E-state index in [-0.39, 0.29) is 0 Å². The molecular weight excluding hydrogens is 260 g/mol. The van der Waals surface area contributed by atoms with Crippen molar-refractivity contribution < 1.29 is 4.74 Å². The van der Waals surface area contributed by atoms with Crippen molar-refractivity contribution in [2.75, 3.05) is 39.4 Å². The Balaban J connectivity index is 1.67. The summed E-state index contributed by atoms with van der Waals surface area (Å²) in [5, 5.41) is 3.48. The number of hydrogen-bond donors (Lipinski definition) is 1. The number of hydrogen-bond acceptors (Lipinski definition) is 3. The Kier molecular flexibility index (Phi) is 5.28. The normalized spacial score (nSPS) is 26.5. The van der Waals surface area contributed by atoms with Crippen LogP contribution in [0.15, 0.2) is 24.3 Å². The summed E-state index contributed by atoms with van der Waals surface area (Å²) in [6, 6.07) is 9.58. The second kappa shape index (κ2) is 7.39. The van der Waals surface area contributed by atoms with E-state index >= 15 is 0 Å². The maximum atomic E-state index is 5.69. The van der Waals surface area contributed by atoms with Gasteiger partial charge in [-0.25, -0.2) is 0 Å². The topological polar surface area (TPSA) is 24.5 Å². The van der Waals surface area contributed by atoms with E-state index in [1.807, 2.05) is 0 Å². The molecule has 1 N–H and O–H groups in total. The average Bonchev–Trinajstić information content (AvgIpc) is 2.54. The van der Waals surface area contributed by atoms with Gasteiger partial charge in [0.15, 0.2) is 0 Å². The van der Waals surface area contributed by atoms with E-state index < -0.39 is 0 Å². The minimum absolute atomic E-state index is 0.535. The SMILES string of the molecule is CCNCC1COCCN1CC1CCCc2ccccc21. The van der Waals surface area contributed by atoms with Crippen LogP contribution in [0.1, 0.15) is 36.8 Å². The Morgan fingerprint density at radius 2 is 2.24 bits per heavy atom. The van der Waals surface area contributed by atoms with E-state index in [0.717, 1.165) is 32.8 Å². The number of fused-ring (bicyclic) bond motifs is 1. The minimum atomic E-state index is 0.535. The highest BCUT2D eigenvalue weighted by molar-refractivity contribution is 5.32. The third-order valence-electron chi connectivity index (χ3n) is 4.93. The molecule has 116 valence electrons. The number of morpholine rings is 1. The van der Waals surface area contributed by atoms with Crippen molar-refractivity contribution in [1.29, 1.82) is 0 Å². The molecule has 2 unspecified atom stereocenters. The van der Waals surface area contributed by atoms with Crippen molar-refractivity contribution in [3.05, 3.63) is 35.4 Å². The van der Waals surface area contributed by atoms with Crippen LogP contribution in [0, 0.1) is 0 Å². The molecule has 3 rings (SSSR count). The van der Waals surface area contributed by atoms with E-state index in [1.54, 1.807) is 11.1 Å². The molecular formula is C18H28N2O. The van der Waals surface area contributed by atoms with Crippen LogP contribution >= 0.6 is 0 Å². The lowest BCUT2D eigenvalue weighted by atomic mass is 9.82. The Hall–Kier alpha value is -0.900. The summed E-state index contributed by atoms with van der Waals surface area (Å²) in [7, 11) is 0. The zero-order valence-corrected chi connectivity index (χ0v) is 13.2. The van der Waals surface area contributed by atoms with Crippen LogP contribution in [-0.4, -0.2) is 50.3 Å². The first-order valence-corrected chi connectivity index (χ1v) is 8.48. The van der Waals surface area contributed by atoms with Crippen LogP contribution in [0.3, 0.4) is 0 Å². The van der Waals surface area contributed by atoms with Crippen molar-refractivity contribution in [2.45, 2.75) is 38.1 Å². The maximum absolute atomic E-state index is 5.69. The fourth-order valence-corrected chi connectivity index (χ4v) is 3.76. The first-order chi connectivity index (χ1) is 10.4. The Labute approximate surface area is 128 Å². The van der Waals surface area contributed by atoms with Crippen molar-refractivity contribution in [3.8, 4) is 0 Å². The lowest BCUT2D eigenvalue weighted by Crippen LogP contribution is -2.51. The quantitative estimate of drug-likeness (QED) is 0.900. The highest BCUT2D eigenvalue weighted by Crippen LogP contribution is 2.32. The summed E-state index contributed by atoms with van der Waals surface area (Å²) in [6.07, 6.45) is 3.93. The Morgan fingerprint density at radius 3 is 3.14 bits per heavy atom. The third-order valence-corrected chi connectivity index (χ3v) is 4.93. The van der Waals surface area contributed by atoms with Crippen LogP contribution in [0.4, 0.5) is 0 Å². The summed E-state index contributed by atoms with van der Waals surface area (Å²) in [5.74, 6) is 0.706. The van der Waals surface area contributed by atoms with Gasteiger partial charge in [0.2, 0.25) is 0 Å². The van der Waals surface area contributed by atoms with Crippen molar-refractivity contribution in [3.63, 3.8) is 0 Å². The molecule has 0 amide bonds. The first-order valence-electron chi connectivity index (χ1n) is 8.48. The summed E-state index contributed by atoms with van der Waals surface area (Å²) in [6.45, 7) is 8.29. The number of rotatable bonds is 5. The molecule has 2 atom stereocenters. The van der Waals surface area contributed by atoms with Crippen LogP contribution < -0.4 is 5.32 Å². The Bertz CT molecular complexity index is 449. The van der Waals surface area contributed by atoms with E-state index in [0.29, 0.717) is 12.0 Å². The molecule has 0 radical (unpaired) electrons. The zero-order valence-electron chi connectivity index (χ0n) is 13.2. The predicted octanol–water partition coefficient (Wildman–Crippen LogP) is 2.42. The second-order valence-electron chi connectivity index (χ2n) is 6.32. The van der Waals surface area contributed by atoms with E-state index in [2.05, 4.69) is 41.4 Å². The van der Waals surface area contributed by atoms with Crippen molar-refractivity contribution >= 4 is 0 Å². The largest absolute Gasteiger partial charge is 0.378 e. The number of aryl methyl sites for hydroxylation is 1. The minimum Gasteiger partial charge on any atom is -0.378 e. The lowest BCUT2D eigenvalue weighted by molar-refractivity contribution is -0.00997. The molecule has 3 nitrogen and oxygen atoms in total. The molecule has 1 aliphatic carbocycles. The lowest BCUT2D eigenvalue weighted by Gasteiger charge is -2.39. The van der Waals surface area contributed by atoms with E-state index in [9.17, 15) is 0 Å².